The highest BCUT2D eigenvalue weighted by Gasteiger charge is 2.18. The summed E-state index contributed by atoms with van der Waals surface area (Å²) in [6, 6.07) is 6.02. The molecule has 0 bridgehead atoms. The molecule has 0 aliphatic rings. The number of carbonyl (C=O) groups excluding carboxylic acids is 1. The number of rotatable bonds is 3. The molecule has 1 heterocycles. The fourth-order valence-electron chi connectivity index (χ4n) is 2.11. The second-order valence-electron chi connectivity index (χ2n) is 4.48. The Morgan fingerprint density at radius 1 is 1.42 bits per heavy atom. The molecule has 1 atom stereocenters. The van der Waals surface area contributed by atoms with E-state index < -0.39 is 0 Å². The standard InChI is InChI=1S/C14H16N2O3/c1-8(13-9(2)16-19-10(13)3)15-14(18)11-5-4-6-12(17)7-11/h4-8,17H,1-3H3,(H,15,18). The monoisotopic (exact) mass is 260 g/mol. The van der Waals surface area contributed by atoms with Crippen LogP contribution >= 0.6 is 0 Å². The lowest BCUT2D eigenvalue weighted by Crippen LogP contribution is -2.27. The molecule has 1 amide bonds. The highest BCUT2D eigenvalue weighted by molar-refractivity contribution is 5.94. The van der Waals surface area contributed by atoms with Crippen molar-refractivity contribution in [3.63, 3.8) is 0 Å². The summed E-state index contributed by atoms with van der Waals surface area (Å²) >= 11 is 0. The van der Waals surface area contributed by atoms with Crippen molar-refractivity contribution in [1.29, 1.82) is 0 Å². The van der Waals surface area contributed by atoms with Gasteiger partial charge in [0.2, 0.25) is 0 Å². The first-order valence-corrected chi connectivity index (χ1v) is 6.01. The minimum atomic E-state index is -0.247. The molecule has 2 aromatic rings. The summed E-state index contributed by atoms with van der Waals surface area (Å²) in [5, 5.41) is 16.1. The van der Waals surface area contributed by atoms with Gasteiger partial charge in [-0.05, 0) is 39.0 Å². The van der Waals surface area contributed by atoms with E-state index in [1.807, 2.05) is 20.8 Å². The summed E-state index contributed by atoms with van der Waals surface area (Å²) in [7, 11) is 0. The molecule has 0 radical (unpaired) electrons. The van der Waals surface area contributed by atoms with Crippen LogP contribution in [0.15, 0.2) is 28.8 Å². The van der Waals surface area contributed by atoms with Gasteiger partial charge in [0, 0.05) is 11.1 Å². The van der Waals surface area contributed by atoms with Gasteiger partial charge >= 0.3 is 0 Å². The van der Waals surface area contributed by atoms with Crippen molar-refractivity contribution in [2.24, 2.45) is 0 Å². The van der Waals surface area contributed by atoms with Gasteiger partial charge in [-0.2, -0.15) is 0 Å². The zero-order valence-electron chi connectivity index (χ0n) is 11.1. The third-order valence-corrected chi connectivity index (χ3v) is 2.98. The number of hydrogen-bond donors (Lipinski definition) is 2. The summed E-state index contributed by atoms with van der Waals surface area (Å²) in [6.45, 7) is 5.52. The number of aryl methyl sites for hydroxylation is 2. The third-order valence-electron chi connectivity index (χ3n) is 2.98. The van der Waals surface area contributed by atoms with Crippen LogP contribution in [-0.2, 0) is 0 Å². The molecular formula is C14H16N2O3. The Labute approximate surface area is 111 Å². The fourth-order valence-corrected chi connectivity index (χ4v) is 2.11. The van der Waals surface area contributed by atoms with E-state index in [-0.39, 0.29) is 17.7 Å². The number of benzene rings is 1. The number of nitrogens with one attached hydrogen (secondary N) is 1. The van der Waals surface area contributed by atoms with Crippen molar-refractivity contribution in [3.8, 4) is 5.75 Å². The first-order chi connectivity index (χ1) is 8.99. The zero-order chi connectivity index (χ0) is 14.0. The smallest absolute Gasteiger partial charge is 0.251 e. The molecule has 100 valence electrons. The van der Waals surface area contributed by atoms with Crippen molar-refractivity contribution in [1.82, 2.24) is 10.5 Å². The summed E-state index contributed by atoms with van der Waals surface area (Å²) in [4.78, 5) is 12.1. The molecule has 1 aromatic heterocycles. The van der Waals surface area contributed by atoms with Crippen molar-refractivity contribution in [2.75, 3.05) is 0 Å². The molecule has 0 saturated carbocycles. The van der Waals surface area contributed by atoms with E-state index in [0.29, 0.717) is 11.3 Å². The maximum atomic E-state index is 12.1. The van der Waals surface area contributed by atoms with Crippen LogP contribution in [0, 0.1) is 13.8 Å². The normalized spacial score (nSPS) is 12.2. The van der Waals surface area contributed by atoms with Crippen molar-refractivity contribution >= 4 is 5.91 Å². The third kappa shape index (κ3) is 2.76. The minimum absolute atomic E-state index is 0.0673. The Hall–Kier alpha value is -2.30. The molecule has 0 spiro atoms. The highest BCUT2D eigenvalue weighted by atomic mass is 16.5. The second kappa shape index (κ2) is 5.14. The molecule has 2 rings (SSSR count). The number of phenolic OH excluding ortho intramolecular Hbond substituents is 1. The lowest BCUT2D eigenvalue weighted by Gasteiger charge is -2.13. The molecule has 1 unspecified atom stereocenters. The molecule has 0 aliphatic carbocycles. The highest BCUT2D eigenvalue weighted by Crippen LogP contribution is 2.21. The van der Waals surface area contributed by atoms with Gasteiger partial charge in [-0.25, -0.2) is 0 Å². The number of carbonyl (C=O) groups is 1. The molecule has 5 nitrogen and oxygen atoms in total. The van der Waals surface area contributed by atoms with Crippen LogP contribution in [-0.4, -0.2) is 16.2 Å². The van der Waals surface area contributed by atoms with Crippen molar-refractivity contribution < 1.29 is 14.4 Å². The van der Waals surface area contributed by atoms with Gasteiger partial charge in [0.15, 0.2) is 0 Å². The topological polar surface area (TPSA) is 75.4 Å². The molecule has 0 saturated heterocycles. The predicted octanol–water partition coefficient (Wildman–Crippen LogP) is 2.49. The Morgan fingerprint density at radius 2 is 2.16 bits per heavy atom. The molecule has 1 aromatic carbocycles. The van der Waals surface area contributed by atoms with Crippen LogP contribution in [0.25, 0.3) is 0 Å². The maximum Gasteiger partial charge on any atom is 0.251 e. The van der Waals surface area contributed by atoms with Crippen molar-refractivity contribution in [2.45, 2.75) is 26.8 Å². The fraction of sp³-hybridized carbons (Fsp3) is 0.286. The first kappa shape index (κ1) is 13.1. The van der Waals surface area contributed by atoms with Crippen LogP contribution < -0.4 is 5.32 Å². The van der Waals surface area contributed by atoms with Gasteiger partial charge in [0.25, 0.3) is 5.91 Å². The molecule has 19 heavy (non-hydrogen) atoms. The Balaban J connectivity index is 2.15. The molecule has 2 N–H and O–H groups in total. The van der Waals surface area contributed by atoms with E-state index >= 15 is 0 Å². The van der Waals surface area contributed by atoms with Crippen LogP contribution in [0.3, 0.4) is 0 Å². The Bertz CT molecular complexity index is 585. The minimum Gasteiger partial charge on any atom is -0.508 e. The summed E-state index contributed by atoms with van der Waals surface area (Å²) in [5.41, 5.74) is 2.06. The van der Waals surface area contributed by atoms with Crippen LogP contribution in [0.5, 0.6) is 5.75 Å². The van der Waals surface area contributed by atoms with Crippen LogP contribution in [0.1, 0.15) is 40.3 Å². The van der Waals surface area contributed by atoms with E-state index in [9.17, 15) is 9.90 Å². The number of nitrogens with zero attached hydrogens (tertiary/aromatic N) is 1. The maximum absolute atomic E-state index is 12.1. The number of phenols is 1. The average Bonchev–Trinajstić information content (AvgIpc) is 2.69. The summed E-state index contributed by atoms with van der Waals surface area (Å²) in [5.74, 6) is 0.516. The second-order valence-corrected chi connectivity index (χ2v) is 4.48. The van der Waals surface area contributed by atoms with Gasteiger partial charge in [0.05, 0.1) is 11.7 Å². The first-order valence-electron chi connectivity index (χ1n) is 6.01. The molecule has 0 fully saturated rings. The van der Waals surface area contributed by atoms with Crippen LogP contribution in [0.2, 0.25) is 0 Å². The summed E-state index contributed by atoms with van der Waals surface area (Å²) in [6.07, 6.45) is 0. The SMILES string of the molecule is Cc1noc(C)c1C(C)NC(=O)c1cccc(O)c1. The number of hydrogen-bond acceptors (Lipinski definition) is 4. The van der Waals surface area contributed by atoms with E-state index in [2.05, 4.69) is 10.5 Å². The molecule has 0 aliphatic heterocycles. The molecular weight excluding hydrogens is 244 g/mol. The van der Waals surface area contributed by atoms with Crippen LogP contribution in [0.4, 0.5) is 0 Å². The van der Waals surface area contributed by atoms with E-state index in [1.165, 1.54) is 12.1 Å². The lowest BCUT2D eigenvalue weighted by molar-refractivity contribution is 0.0939. The van der Waals surface area contributed by atoms with E-state index in [1.54, 1.807) is 12.1 Å². The summed E-state index contributed by atoms with van der Waals surface area (Å²) < 4.78 is 5.08. The van der Waals surface area contributed by atoms with Gasteiger partial charge in [-0.1, -0.05) is 11.2 Å². The zero-order valence-corrected chi connectivity index (χ0v) is 11.1. The van der Waals surface area contributed by atoms with Gasteiger partial charge < -0.3 is 14.9 Å². The van der Waals surface area contributed by atoms with Gasteiger partial charge in [0.1, 0.15) is 11.5 Å². The van der Waals surface area contributed by atoms with Gasteiger partial charge in [-0.15, -0.1) is 0 Å². The Kier molecular flexibility index (Phi) is 3.55. The van der Waals surface area contributed by atoms with Gasteiger partial charge in [-0.3, -0.25) is 4.79 Å². The van der Waals surface area contributed by atoms with E-state index in [4.69, 9.17) is 4.52 Å². The largest absolute Gasteiger partial charge is 0.508 e. The predicted molar refractivity (Wildman–Crippen MR) is 70.0 cm³/mol. The van der Waals surface area contributed by atoms with Crippen molar-refractivity contribution in [3.05, 3.63) is 46.8 Å². The Morgan fingerprint density at radius 3 is 2.74 bits per heavy atom. The molecule has 5 heteroatoms. The quantitative estimate of drug-likeness (QED) is 0.889. The number of aromatic nitrogens is 1. The van der Waals surface area contributed by atoms with E-state index in [0.717, 1.165) is 11.3 Å². The average molecular weight is 260 g/mol. The number of amides is 1. The lowest BCUT2D eigenvalue weighted by atomic mass is 10.1. The number of aromatic hydroxyl groups is 1.